The highest BCUT2D eigenvalue weighted by Gasteiger charge is 2.38. The van der Waals surface area contributed by atoms with Gasteiger partial charge in [-0.1, -0.05) is 30.7 Å². The Balaban J connectivity index is 1.35. The van der Waals surface area contributed by atoms with Crippen LogP contribution in [-0.4, -0.2) is 52.8 Å². The third kappa shape index (κ3) is 3.63. The minimum atomic E-state index is -0.110. The number of aromatic amines is 1. The van der Waals surface area contributed by atoms with E-state index >= 15 is 0 Å². The number of nitrogens with one attached hydrogen (secondary N) is 2. The third-order valence-electron chi connectivity index (χ3n) is 5.24. The van der Waals surface area contributed by atoms with Crippen LogP contribution in [0.25, 0.3) is 0 Å². The van der Waals surface area contributed by atoms with Crippen LogP contribution in [-0.2, 0) is 11.2 Å². The highest BCUT2D eigenvalue weighted by molar-refractivity contribution is 6.30. The van der Waals surface area contributed by atoms with Gasteiger partial charge in [-0.2, -0.15) is 5.10 Å². The van der Waals surface area contributed by atoms with E-state index in [0.29, 0.717) is 18.3 Å². The van der Waals surface area contributed by atoms with Crippen molar-refractivity contribution >= 4 is 17.5 Å². The molecule has 0 aliphatic carbocycles. The number of fused-ring (bicyclic) bond motifs is 1. The maximum absolute atomic E-state index is 12.4. The number of ether oxygens (including phenoxy) is 1. The van der Waals surface area contributed by atoms with Gasteiger partial charge >= 0.3 is 0 Å². The number of amides is 1. The summed E-state index contributed by atoms with van der Waals surface area (Å²) in [6.07, 6.45) is 1.80. The fourth-order valence-electron chi connectivity index (χ4n) is 3.78. The minimum Gasteiger partial charge on any atom is -0.371 e. The first-order chi connectivity index (χ1) is 12.6. The number of nitrogens with zero attached hydrogens (tertiary/aromatic N) is 2. The fraction of sp³-hybridized carbons (Fsp3) is 0.474. The van der Waals surface area contributed by atoms with Crippen molar-refractivity contribution in [3.8, 4) is 0 Å². The maximum Gasteiger partial charge on any atom is 0.272 e. The largest absolute Gasteiger partial charge is 0.371 e. The maximum atomic E-state index is 12.4. The molecular weight excluding hydrogens is 352 g/mol. The third-order valence-corrected chi connectivity index (χ3v) is 5.49. The number of carbonyl (C=O) groups is 1. The summed E-state index contributed by atoms with van der Waals surface area (Å²) in [7, 11) is 0. The van der Waals surface area contributed by atoms with Crippen molar-refractivity contribution in [2.45, 2.75) is 38.0 Å². The minimum absolute atomic E-state index is 0.0522. The van der Waals surface area contributed by atoms with E-state index in [2.05, 4.69) is 20.4 Å². The molecular formula is C19H23ClN4O2. The fourth-order valence-corrected chi connectivity index (χ4v) is 3.90. The zero-order valence-electron chi connectivity index (χ0n) is 14.7. The molecule has 2 N–H and O–H groups in total. The quantitative estimate of drug-likeness (QED) is 0.862. The Kier molecular flexibility index (Phi) is 4.98. The standard InChI is InChI=1S/C19H23ClN4O2/c1-2-14-8-17(23-22-14)19(25)21-15-7-16-11-26-18(10-24(16)9-15)12-3-5-13(20)6-4-12/h3-6,8,15-16,18H,2,7,9-11H2,1H3,(H,21,25)(H,22,23)/t15-,16+,18-/m1/s1. The molecule has 3 heterocycles. The van der Waals surface area contributed by atoms with Gasteiger partial charge in [0.1, 0.15) is 5.69 Å². The number of aryl methyl sites for hydroxylation is 1. The number of benzene rings is 1. The van der Waals surface area contributed by atoms with E-state index in [1.165, 1.54) is 0 Å². The Morgan fingerprint density at radius 2 is 2.19 bits per heavy atom. The molecule has 6 nitrogen and oxygen atoms in total. The summed E-state index contributed by atoms with van der Waals surface area (Å²) in [5.41, 5.74) is 2.57. The van der Waals surface area contributed by atoms with Crippen molar-refractivity contribution in [1.29, 1.82) is 0 Å². The molecule has 2 aliphatic heterocycles. The first-order valence-electron chi connectivity index (χ1n) is 9.08. The van der Waals surface area contributed by atoms with Crippen molar-refractivity contribution in [2.75, 3.05) is 19.7 Å². The summed E-state index contributed by atoms with van der Waals surface area (Å²) in [6.45, 7) is 4.39. The average molecular weight is 375 g/mol. The molecule has 2 aliphatic rings. The Morgan fingerprint density at radius 1 is 1.38 bits per heavy atom. The molecule has 138 valence electrons. The van der Waals surface area contributed by atoms with Gasteiger partial charge in [-0.15, -0.1) is 0 Å². The summed E-state index contributed by atoms with van der Waals surface area (Å²) in [5, 5.41) is 10.8. The summed E-state index contributed by atoms with van der Waals surface area (Å²) in [5.74, 6) is -0.110. The summed E-state index contributed by atoms with van der Waals surface area (Å²) in [4.78, 5) is 14.8. The normalized spacial score (nSPS) is 25.8. The number of carbonyl (C=O) groups excluding carboxylic acids is 1. The van der Waals surface area contributed by atoms with Crippen LogP contribution in [0.3, 0.4) is 0 Å². The monoisotopic (exact) mass is 374 g/mol. The van der Waals surface area contributed by atoms with Crippen LogP contribution >= 0.6 is 11.6 Å². The Morgan fingerprint density at radius 3 is 2.92 bits per heavy atom. The van der Waals surface area contributed by atoms with Gasteiger partial charge in [0.15, 0.2) is 0 Å². The zero-order valence-corrected chi connectivity index (χ0v) is 15.5. The lowest BCUT2D eigenvalue weighted by Gasteiger charge is -2.35. The molecule has 1 amide bonds. The lowest BCUT2D eigenvalue weighted by Crippen LogP contribution is -2.43. The lowest BCUT2D eigenvalue weighted by atomic mass is 10.1. The molecule has 2 saturated heterocycles. The smallest absolute Gasteiger partial charge is 0.272 e. The number of hydrogen-bond donors (Lipinski definition) is 2. The number of aromatic nitrogens is 2. The summed E-state index contributed by atoms with van der Waals surface area (Å²) in [6, 6.07) is 10.1. The van der Waals surface area contributed by atoms with E-state index in [1.54, 1.807) is 0 Å². The van der Waals surface area contributed by atoms with Crippen LogP contribution in [0.1, 0.15) is 41.2 Å². The van der Waals surface area contributed by atoms with Crippen LogP contribution in [0.5, 0.6) is 0 Å². The number of halogens is 1. The summed E-state index contributed by atoms with van der Waals surface area (Å²) >= 11 is 5.97. The molecule has 3 atom stereocenters. The molecule has 2 aromatic rings. The van der Waals surface area contributed by atoms with Crippen molar-refractivity contribution in [3.05, 3.63) is 52.3 Å². The van der Waals surface area contributed by atoms with Crippen molar-refractivity contribution in [2.24, 2.45) is 0 Å². The number of rotatable bonds is 4. The Labute approximate surface area is 157 Å². The van der Waals surface area contributed by atoms with Crippen LogP contribution < -0.4 is 5.32 Å². The molecule has 0 spiro atoms. The SMILES string of the molecule is CCc1cc(C(=O)N[C@@H]2C[C@H]3CO[C@@H](c4ccc(Cl)cc4)CN3C2)n[nH]1. The molecule has 1 aromatic heterocycles. The molecule has 2 fully saturated rings. The molecule has 0 saturated carbocycles. The van der Waals surface area contributed by atoms with Crippen LogP contribution in [0.15, 0.2) is 30.3 Å². The first-order valence-corrected chi connectivity index (χ1v) is 9.46. The number of morpholine rings is 1. The lowest BCUT2D eigenvalue weighted by molar-refractivity contribution is -0.0502. The number of H-pyrrole nitrogens is 1. The summed E-state index contributed by atoms with van der Waals surface area (Å²) < 4.78 is 6.06. The first kappa shape index (κ1) is 17.5. The topological polar surface area (TPSA) is 70.2 Å². The van der Waals surface area contributed by atoms with E-state index in [1.807, 2.05) is 37.3 Å². The van der Waals surface area contributed by atoms with Gasteiger partial charge in [0.25, 0.3) is 5.91 Å². The molecule has 7 heteroatoms. The highest BCUT2D eigenvalue weighted by Crippen LogP contribution is 2.30. The molecule has 26 heavy (non-hydrogen) atoms. The average Bonchev–Trinajstić information content (AvgIpc) is 3.28. The van der Waals surface area contributed by atoms with E-state index in [9.17, 15) is 4.79 Å². The molecule has 0 bridgehead atoms. The number of hydrogen-bond acceptors (Lipinski definition) is 4. The Hall–Kier alpha value is -1.89. The van der Waals surface area contributed by atoms with Crippen LogP contribution in [0.4, 0.5) is 0 Å². The predicted octanol–water partition coefficient (Wildman–Crippen LogP) is 2.57. The van der Waals surface area contributed by atoms with Gasteiger partial charge in [0.05, 0.1) is 12.7 Å². The second kappa shape index (κ2) is 7.39. The zero-order chi connectivity index (χ0) is 18.1. The van der Waals surface area contributed by atoms with Gasteiger partial charge in [0.2, 0.25) is 0 Å². The van der Waals surface area contributed by atoms with Gasteiger partial charge in [-0.05, 0) is 36.6 Å². The Bertz CT molecular complexity index is 776. The molecule has 0 radical (unpaired) electrons. The van der Waals surface area contributed by atoms with Crippen LogP contribution in [0, 0.1) is 0 Å². The van der Waals surface area contributed by atoms with Crippen LogP contribution in [0.2, 0.25) is 5.02 Å². The molecule has 4 rings (SSSR count). The van der Waals surface area contributed by atoms with E-state index in [0.717, 1.165) is 42.2 Å². The van der Waals surface area contributed by atoms with Gasteiger partial charge < -0.3 is 10.1 Å². The van der Waals surface area contributed by atoms with Crippen molar-refractivity contribution < 1.29 is 9.53 Å². The predicted molar refractivity (Wildman–Crippen MR) is 99.3 cm³/mol. The van der Waals surface area contributed by atoms with E-state index < -0.39 is 0 Å². The highest BCUT2D eigenvalue weighted by atomic mass is 35.5. The van der Waals surface area contributed by atoms with Crippen molar-refractivity contribution in [3.63, 3.8) is 0 Å². The molecule has 0 unspecified atom stereocenters. The van der Waals surface area contributed by atoms with Crippen molar-refractivity contribution in [1.82, 2.24) is 20.4 Å². The second-order valence-corrected chi connectivity index (χ2v) is 7.46. The molecule has 1 aromatic carbocycles. The van der Waals surface area contributed by atoms with E-state index in [-0.39, 0.29) is 18.1 Å². The second-order valence-electron chi connectivity index (χ2n) is 7.02. The van der Waals surface area contributed by atoms with E-state index in [4.69, 9.17) is 16.3 Å². The van der Waals surface area contributed by atoms with Gasteiger partial charge in [-0.25, -0.2) is 0 Å². The van der Waals surface area contributed by atoms with Gasteiger partial charge in [-0.3, -0.25) is 14.8 Å². The van der Waals surface area contributed by atoms with Gasteiger partial charge in [0, 0.05) is 35.9 Å².